The molecule has 0 radical (unpaired) electrons. The molecule has 0 aromatic heterocycles. The van der Waals surface area contributed by atoms with Crippen molar-refractivity contribution in [3.63, 3.8) is 0 Å². The Morgan fingerprint density at radius 2 is 1.80 bits per heavy atom. The topological polar surface area (TPSA) is 17.1 Å². The van der Waals surface area contributed by atoms with Gasteiger partial charge in [-0.1, -0.05) is 37.6 Å². The van der Waals surface area contributed by atoms with Gasteiger partial charge in [0.2, 0.25) is 0 Å². The van der Waals surface area contributed by atoms with Crippen molar-refractivity contribution >= 4 is 17.5 Å². The molecule has 2 aliphatic rings. The second kappa shape index (κ2) is 6.34. The van der Waals surface area contributed by atoms with Gasteiger partial charge in [0.15, 0.2) is 5.78 Å². The maximum absolute atomic E-state index is 12.6. The number of aryl methyl sites for hydroxylation is 1. The van der Waals surface area contributed by atoms with Gasteiger partial charge in [0.05, 0.1) is 0 Å². The Morgan fingerprint density at radius 3 is 2.40 bits per heavy atom. The van der Waals surface area contributed by atoms with Crippen LogP contribution in [0.5, 0.6) is 0 Å². The molecule has 2 bridgehead atoms. The lowest BCUT2D eigenvalue weighted by molar-refractivity contribution is 0.0907. The Balaban J connectivity index is 1.64. The molecule has 0 saturated carbocycles. The number of ketones is 1. The highest BCUT2D eigenvalue weighted by Crippen LogP contribution is 2.46. The SMILES string of the molecule is CCCCc1ccc(C(=O)C2CC3CCC(C2)S3)cc1. The molecule has 2 atom stereocenters. The predicted molar refractivity (Wildman–Crippen MR) is 86.5 cm³/mol. The summed E-state index contributed by atoms with van der Waals surface area (Å²) in [6.07, 6.45) is 8.47. The van der Waals surface area contributed by atoms with Crippen LogP contribution in [0, 0.1) is 5.92 Å². The number of Topliss-reactive ketones (excluding diaryl/α,β-unsaturated/α-hetero) is 1. The van der Waals surface area contributed by atoms with E-state index in [1.807, 2.05) is 0 Å². The van der Waals surface area contributed by atoms with Crippen molar-refractivity contribution in [1.29, 1.82) is 0 Å². The van der Waals surface area contributed by atoms with E-state index >= 15 is 0 Å². The summed E-state index contributed by atoms with van der Waals surface area (Å²) in [6.45, 7) is 2.22. The zero-order valence-electron chi connectivity index (χ0n) is 12.3. The van der Waals surface area contributed by atoms with Gasteiger partial charge in [0.25, 0.3) is 0 Å². The van der Waals surface area contributed by atoms with E-state index in [1.165, 1.54) is 31.2 Å². The van der Waals surface area contributed by atoms with Crippen LogP contribution >= 0.6 is 11.8 Å². The van der Waals surface area contributed by atoms with E-state index in [-0.39, 0.29) is 5.92 Å². The monoisotopic (exact) mass is 288 g/mol. The predicted octanol–water partition coefficient (Wildman–Crippen LogP) is 4.89. The lowest BCUT2D eigenvalue weighted by Gasteiger charge is -2.26. The summed E-state index contributed by atoms with van der Waals surface area (Å²) < 4.78 is 0. The Morgan fingerprint density at radius 1 is 1.15 bits per heavy atom. The second-order valence-electron chi connectivity index (χ2n) is 6.29. The van der Waals surface area contributed by atoms with Crippen molar-refractivity contribution < 1.29 is 4.79 Å². The van der Waals surface area contributed by atoms with Crippen LogP contribution in [0.3, 0.4) is 0 Å². The van der Waals surface area contributed by atoms with Gasteiger partial charge >= 0.3 is 0 Å². The van der Waals surface area contributed by atoms with Crippen LogP contribution in [0.4, 0.5) is 0 Å². The van der Waals surface area contributed by atoms with Crippen molar-refractivity contribution in [2.24, 2.45) is 5.92 Å². The standard InChI is InChI=1S/C18H24OS/c1-2-3-4-13-5-7-14(8-6-13)18(19)15-11-16-9-10-17(12-15)20-16/h5-8,15-17H,2-4,9-12H2,1H3. The molecule has 20 heavy (non-hydrogen) atoms. The highest BCUT2D eigenvalue weighted by Gasteiger charge is 2.37. The van der Waals surface area contributed by atoms with E-state index in [0.717, 1.165) is 35.3 Å². The van der Waals surface area contributed by atoms with Crippen LogP contribution in [-0.4, -0.2) is 16.3 Å². The number of unbranched alkanes of at least 4 members (excludes halogenated alkanes) is 1. The third-order valence-electron chi connectivity index (χ3n) is 4.72. The van der Waals surface area contributed by atoms with Crippen molar-refractivity contribution in [1.82, 2.24) is 0 Å². The van der Waals surface area contributed by atoms with Crippen molar-refractivity contribution in [2.45, 2.75) is 62.4 Å². The van der Waals surface area contributed by atoms with Crippen molar-refractivity contribution in [3.05, 3.63) is 35.4 Å². The summed E-state index contributed by atoms with van der Waals surface area (Å²) in [4.78, 5) is 12.6. The number of hydrogen-bond acceptors (Lipinski definition) is 2. The van der Waals surface area contributed by atoms with Gasteiger partial charge in [0, 0.05) is 22.0 Å². The van der Waals surface area contributed by atoms with Gasteiger partial charge in [-0.3, -0.25) is 4.79 Å². The number of benzene rings is 1. The van der Waals surface area contributed by atoms with Gasteiger partial charge in [-0.25, -0.2) is 0 Å². The molecule has 2 unspecified atom stereocenters. The molecule has 0 N–H and O–H groups in total. The first-order valence-electron chi connectivity index (χ1n) is 8.05. The normalized spacial score (nSPS) is 28.6. The zero-order chi connectivity index (χ0) is 13.9. The molecule has 1 nitrogen and oxygen atoms in total. The van der Waals surface area contributed by atoms with Gasteiger partial charge in [0.1, 0.15) is 0 Å². The molecule has 1 aromatic carbocycles. The summed E-state index contributed by atoms with van der Waals surface area (Å²) >= 11 is 2.13. The fourth-order valence-electron chi connectivity index (χ4n) is 3.52. The van der Waals surface area contributed by atoms with E-state index in [0.29, 0.717) is 5.78 Å². The van der Waals surface area contributed by atoms with Crippen molar-refractivity contribution in [2.75, 3.05) is 0 Å². The van der Waals surface area contributed by atoms with Crippen molar-refractivity contribution in [3.8, 4) is 0 Å². The molecule has 2 heteroatoms. The lowest BCUT2D eigenvalue weighted by Crippen LogP contribution is -2.24. The highest BCUT2D eigenvalue weighted by atomic mass is 32.2. The molecule has 2 fully saturated rings. The summed E-state index contributed by atoms with van der Waals surface area (Å²) in [5.74, 6) is 0.680. The first kappa shape index (κ1) is 14.2. The fraction of sp³-hybridized carbons (Fsp3) is 0.611. The molecule has 3 rings (SSSR count). The van der Waals surface area contributed by atoms with E-state index < -0.39 is 0 Å². The molecule has 2 heterocycles. The average molecular weight is 288 g/mol. The highest BCUT2D eigenvalue weighted by molar-refractivity contribution is 8.00. The maximum Gasteiger partial charge on any atom is 0.166 e. The summed E-state index contributed by atoms with van der Waals surface area (Å²) in [5, 5.41) is 1.51. The number of thioether (sulfide) groups is 1. The van der Waals surface area contributed by atoms with Crippen LogP contribution in [0.15, 0.2) is 24.3 Å². The molecular formula is C18H24OS. The molecule has 1 aromatic rings. The smallest absolute Gasteiger partial charge is 0.166 e. The Hall–Kier alpha value is -0.760. The summed E-state index contributed by atoms with van der Waals surface area (Å²) in [5.41, 5.74) is 2.30. The molecular weight excluding hydrogens is 264 g/mol. The van der Waals surface area contributed by atoms with Crippen LogP contribution in [0.2, 0.25) is 0 Å². The molecule has 0 aliphatic carbocycles. The number of rotatable bonds is 5. The molecule has 0 spiro atoms. The minimum Gasteiger partial charge on any atom is -0.294 e. The Kier molecular flexibility index (Phi) is 4.50. The first-order valence-corrected chi connectivity index (χ1v) is 8.99. The average Bonchev–Trinajstić information content (AvgIpc) is 2.83. The van der Waals surface area contributed by atoms with Crippen LogP contribution in [-0.2, 0) is 6.42 Å². The second-order valence-corrected chi connectivity index (χ2v) is 7.90. The third-order valence-corrected chi connectivity index (χ3v) is 6.34. The van der Waals surface area contributed by atoms with Gasteiger partial charge in [-0.15, -0.1) is 0 Å². The van der Waals surface area contributed by atoms with Crippen LogP contribution in [0.25, 0.3) is 0 Å². The Bertz CT molecular complexity index is 453. The molecule has 108 valence electrons. The molecule has 2 aliphatic heterocycles. The minimum absolute atomic E-state index is 0.287. The summed E-state index contributed by atoms with van der Waals surface area (Å²) in [6, 6.07) is 8.40. The van der Waals surface area contributed by atoms with E-state index in [4.69, 9.17) is 0 Å². The zero-order valence-corrected chi connectivity index (χ0v) is 13.1. The summed E-state index contributed by atoms with van der Waals surface area (Å²) in [7, 11) is 0. The third kappa shape index (κ3) is 3.11. The number of fused-ring (bicyclic) bond motifs is 2. The molecule has 0 amide bonds. The maximum atomic E-state index is 12.6. The first-order chi connectivity index (χ1) is 9.76. The largest absolute Gasteiger partial charge is 0.294 e. The quantitative estimate of drug-likeness (QED) is 0.718. The minimum atomic E-state index is 0.287. The number of carbonyl (C=O) groups is 1. The van der Waals surface area contributed by atoms with Gasteiger partial charge in [-0.05, 0) is 44.1 Å². The fourth-order valence-corrected chi connectivity index (χ4v) is 5.30. The van der Waals surface area contributed by atoms with E-state index in [1.54, 1.807) is 0 Å². The number of carbonyl (C=O) groups excluding carboxylic acids is 1. The lowest BCUT2D eigenvalue weighted by atomic mass is 9.90. The number of hydrogen-bond donors (Lipinski definition) is 0. The van der Waals surface area contributed by atoms with E-state index in [2.05, 4.69) is 43.0 Å². The van der Waals surface area contributed by atoms with Gasteiger partial charge in [-0.2, -0.15) is 11.8 Å². The van der Waals surface area contributed by atoms with Gasteiger partial charge < -0.3 is 0 Å². The van der Waals surface area contributed by atoms with E-state index in [9.17, 15) is 4.79 Å². The van der Waals surface area contributed by atoms with Crippen LogP contribution in [0.1, 0.15) is 61.4 Å². The molecule has 2 saturated heterocycles. The Labute approximate surface area is 126 Å². The van der Waals surface area contributed by atoms with Crippen LogP contribution < -0.4 is 0 Å².